The van der Waals surface area contributed by atoms with Crippen LogP contribution in [-0.2, 0) is 7.05 Å². The number of fused-ring (bicyclic) bond motifs is 2. The molecule has 7 heteroatoms. The molecule has 0 radical (unpaired) electrons. The van der Waals surface area contributed by atoms with Gasteiger partial charge in [0.25, 0.3) is 5.91 Å². The van der Waals surface area contributed by atoms with Crippen molar-refractivity contribution in [3.8, 4) is 0 Å². The molecule has 1 saturated heterocycles. The molecule has 4 aromatic rings. The highest BCUT2D eigenvalue weighted by molar-refractivity contribution is 5.95. The molecule has 0 bridgehead atoms. The van der Waals surface area contributed by atoms with Crippen molar-refractivity contribution in [1.82, 2.24) is 29.0 Å². The summed E-state index contributed by atoms with van der Waals surface area (Å²) >= 11 is 0. The van der Waals surface area contributed by atoms with Crippen LogP contribution in [-0.4, -0.2) is 41.5 Å². The normalized spacial score (nSPS) is 23.3. The molecule has 1 aliphatic heterocycles. The molecule has 1 amide bonds. The number of piperidine rings is 1. The van der Waals surface area contributed by atoms with Crippen LogP contribution in [0.3, 0.4) is 0 Å². The molecular weight excluding hydrogens is 424 g/mol. The Bertz CT molecular complexity index is 1380. The number of hydrogen-bond donors (Lipinski definition) is 0. The molecule has 1 saturated carbocycles. The summed E-state index contributed by atoms with van der Waals surface area (Å²) in [6.07, 6.45) is 8.82. The number of aryl methyl sites for hydroxylation is 2. The van der Waals surface area contributed by atoms with Crippen LogP contribution in [0.5, 0.6) is 0 Å². The van der Waals surface area contributed by atoms with Crippen molar-refractivity contribution in [2.45, 2.75) is 64.3 Å². The Labute approximate surface area is 199 Å². The second-order valence-electron chi connectivity index (χ2n) is 10.3. The Hall–Kier alpha value is -3.22. The molecule has 4 heterocycles. The minimum absolute atomic E-state index is 0.0229. The van der Waals surface area contributed by atoms with E-state index in [1.807, 2.05) is 45.3 Å². The summed E-state index contributed by atoms with van der Waals surface area (Å²) < 4.78 is 3.81. The third kappa shape index (κ3) is 3.49. The summed E-state index contributed by atoms with van der Waals surface area (Å²) in [4.78, 5) is 25.4. The zero-order valence-corrected chi connectivity index (χ0v) is 20.2. The Morgan fingerprint density at radius 3 is 2.74 bits per heavy atom. The first kappa shape index (κ1) is 21.3. The van der Waals surface area contributed by atoms with Crippen LogP contribution in [0, 0.1) is 12.8 Å². The Balaban J connectivity index is 1.35. The van der Waals surface area contributed by atoms with E-state index in [0.717, 1.165) is 54.1 Å². The first-order valence-electron chi connectivity index (χ1n) is 12.6. The minimum Gasteiger partial charge on any atom is -0.327 e. The topological polar surface area (TPSA) is 68.3 Å². The maximum atomic E-state index is 13.7. The largest absolute Gasteiger partial charge is 0.327 e. The quantitative estimate of drug-likeness (QED) is 0.425. The fourth-order valence-electron chi connectivity index (χ4n) is 6.02. The number of carbonyl (C=O) groups is 1. The molecule has 1 aliphatic carbocycles. The SMILES string of the molecule is Cc1cn2nc([C@@H]3CCCCN3C(=O)c3nc4ccccc4n3C)cc2nc1C1CC[C@H](C)C1. The van der Waals surface area contributed by atoms with Gasteiger partial charge in [0, 0.05) is 31.8 Å². The minimum atomic E-state index is -0.0574. The number of aromatic nitrogens is 5. The van der Waals surface area contributed by atoms with E-state index in [0.29, 0.717) is 11.7 Å². The van der Waals surface area contributed by atoms with Gasteiger partial charge in [-0.3, -0.25) is 4.79 Å². The van der Waals surface area contributed by atoms with Crippen LogP contribution < -0.4 is 0 Å². The van der Waals surface area contributed by atoms with Gasteiger partial charge in [-0.15, -0.1) is 0 Å². The maximum absolute atomic E-state index is 13.7. The molecule has 0 N–H and O–H groups in total. The Kier molecular flexibility index (Phi) is 5.15. The van der Waals surface area contributed by atoms with Crippen molar-refractivity contribution < 1.29 is 4.79 Å². The van der Waals surface area contributed by atoms with Crippen molar-refractivity contribution in [3.05, 3.63) is 59.3 Å². The van der Waals surface area contributed by atoms with E-state index in [2.05, 4.69) is 31.1 Å². The number of carbonyl (C=O) groups excluding carboxylic acids is 1. The molecule has 0 spiro atoms. The standard InChI is InChI=1S/C27H32N6O/c1-17-11-12-19(14-17)25-18(2)16-33-24(29-25)15-21(30-33)23-10-6-7-13-32(23)27(34)26-28-20-8-4-5-9-22(20)31(26)3/h4-5,8-9,15-17,19,23H,6-7,10-14H2,1-3H3/t17-,19?,23-/m0/s1. The van der Waals surface area contributed by atoms with Gasteiger partial charge in [0.05, 0.1) is 28.5 Å². The lowest BCUT2D eigenvalue weighted by Gasteiger charge is -2.34. The summed E-state index contributed by atoms with van der Waals surface area (Å²) in [5.74, 6) is 1.78. The number of nitrogens with zero attached hydrogens (tertiary/aromatic N) is 6. The van der Waals surface area contributed by atoms with Crippen LogP contribution in [0.4, 0.5) is 0 Å². The number of benzene rings is 1. The van der Waals surface area contributed by atoms with E-state index in [1.54, 1.807) is 0 Å². The number of amides is 1. The molecule has 2 aliphatic rings. The molecule has 1 aromatic carbocycles. The van der Waals surface area contributed by atoms with Gasteiger partial charge in [-0.05, 0) is 62.6 Å². The lowest BCUT2D eigenvalue weighted by molar-refractivity contribution is 0.0590. The zero-order chi connectivity index (χ0) is 23.4. The summed E-state index contributed by atoms with van der Waals surface area (Å²) in [5, 5.41) is 4.90. The van der Waals surface area contributed by atoms with Crippen molar-refractivity contribution in [2.24, 2.45) is 13.0 Å². The predicted octanol–water partition coefficient (Wildman–Crippen LogP) is 5.20. The van der Waals surface area contributed by atoms with Crippen LogP contribution in [0.1, 0.15) is 85.0 Å². The maximum Gasteiger partial charge on any atom is 0.290 e. The molecule has 2 fully saturated rings. The summed E-state index contributed by atoms with van der Waals surface area (Å²) in [6.45, 7) is 5.20. The van der Waals surface area contributed by atoms with E-state index in [-0.39, 0.29) is 11.9 Å². The lowest BCUT2D eigenvalue weighted by atomic mass is 9.98. The smallest absolute Gasteiger partial charge is 0.290 e. The van der Waals surface area contributed by atoms with Gasteiger partial charge >= 0.3 is 0 Å². The average Bonchev–Trinajstić information content (AvgIpc) is 3.55. The molecule has 7 nitrogen and oxygen atoms in total. The second-order valence-corrected chi connectivity index (χ2v) is 10.3. The molecule has 176 valence electrons. The third-order valence-electron chi connectivity index (χ3n) is 7.85. The number of hydrogen-bond acceptors (Lipinski definition) is 4. The first-order valence-corrected chi connectivity index (χ1v) is 12.6. The van der Waals surface area contributed by atoms with E-state index in [1.165, 1.54) is 30.5 Å². The number of rotatable bonds is 3. The number of para-hydroxylation sites is 2. The van der Waals surface area contributed by atoms with Crippen molar-refractivity contribution >= 4 is 22.6 Å². The number of imidazole rings is 1. The molecule has 3 atom stereocenters. The fraction of sp³-hybridized carbons (Fsp3) is 0.481. The predicted molar refractivity (Wildman–Crippen MR) is 132 cm³/mol. The van der Waals surface area contributed by atoms with Crippen molar-refractivity contribution in [2.75, 3.05) is 6.54 Å². The van der Waals surface area contributed by atoms with Crippen LogP contribution in [0.25, 0.3) is 16.7 Å². The average molecular weight is 457 g/mol. The van der Waals surface area contributed by atoms with Gasteiger partial charge in [0.15, 0.2) is 11.5 Å². The molecule has 3 aromatic heterocycles. The molecule has 34 heavy (non-hydrogen) atoms. The molecule has 6 rings (SSSR count). The Morgan fingerprint density at radius 1 is 1.09 bits per heavy atom. The monoisotopic (exact) mass is 456 g/mol. The summed E-state index contributed by atoms with van der Waals surface area (Å²) in [7, 11) is 1.92. The lowest BCUT2D eigenvalue weighted by Crippen LogP contribution is -2.39. The third-order valence-corrected chi connectivity index (χ3v) is 7.85. The van der Waals surface area contributed by atoms with Gasteiger partial charge in [0.1, 0.15) is 0 Å². The summed E-state index contributed by atoms with van der Waals surface area (Å²) in [6, 6.07) is 9.93. The molecule has 1 unspecified atom stereocenters. The molecular formula is C27H32N6O. The Morgan fingerprint density at radius 2 is 1.94 bits per heavy atom. The number of likely N-dealkylation sites (tertiary alicyclic amines) is 1. The first-order chi connectivity index (χ1) is 16.5. The fourth-order valence-corrected chi connectivity index (χ4v) is 6.02. The van der Waals surface area contributed by atoms with Crippen molar-refractivity contribution in [1.29, 1.82) is 0 Å². The van der Waals surface area contributed by atoms with Crippen molar-refractivity contribution in [3.63, 3.8) is 0 Å². The van der Waals surface area contributed by atoms with E-state index >= 15 is 0 Å². The summed E-state index contributed by atoms with van der Waals surface area (Å²) in [5.41, 5.74) is 6.06. The van der Waals surface area contributed by atoms with Crippen LogP contribution in [0.15, 0.2) is 36.5 Å². The van der Waals surface area contributed by atoms with E-state index in [4.69, 9.17) is 10.1 Å². The van der Waals surface area contributed by atoms with Crippen LogP contribution >= 0.6 is 0 Å². The van der Waals surface area contributed by atoms with E-state index < -0.39 is 0 Å². The second kappa shape index (κ2) is 8.22. The van der Waals surface area contributed by atoms with E-state index in [9.17, 15) is 4.79 Å². The van der Waals surface area contributed by atoms with Gasteiger partial charge in [-0.2, -0.15) is 5.10 Å². The van der Waals surface area contributed by atoms with Crippen LogP contribution in [0.2, 0.25) is 0 Å². The highest BCUT2D eigenvalue weighted by Crippen LogP contribution is 2.39. The highest BCUT2D eigenvalue weighted by Gasteiger charge is 2.33. The van der Waals surface area contributed by atoms with Gasteiger partial charge < -0.3 is 9.47 Å². The zero-order valence-electron chi connectivity index (χ0n) is 20.2. The van der Waals surface area contributed by atoms with Gasteiger partial charge in [-0.1, -0.05) is 25.5 Å². The highest BCUT2D eigenvalue weighted by atomic mass is 16.2. The van der Waals surface area contributed by atoms with Gasteiger partial charge in [-0.25, -0.2) is 14.5 Å². The van der Waals surface area contributed by atoms with Gasteiger partial charge in [0.2, 0.25) is 0 Å².